The molecule has 3 nitrogen and oxygen atoms in total. The molecule has 0 spiro atoms. The van der Waals surface area contributed by atoms with Crippen LogP contribution in [0.2, 0.25) is 0 Å². The minimum absolute atomic E-state index is 0.837. The largest absolute Gasteiger partial charge is 0.496 e. The summed E-state index contributed by atoms with van der Waals surface area (Å²) in [5, 5.41) is 2.12. The van der Waals surface area contributed by atoms with Gasteiger partial charge in [-0.05, 0) is 17.7 Å². The van der Waals surface area contributed by atoms with Gasteiger partial charge < -0.3 is 9.47 Å². The number of pyridine rings is 1. The quantitative estimate of drug-likeness (QED) is 0.278. The zero-order valence-electron chi connectivity index (χ0n) is 17.0. The molecule has 0 aliphatic carbocycles. The molecular weight excluding hydrogens is 370 g/mol. The summed E-state index contributed by atoms with van der Waals surface area (Å²) in [4.78, 5) is 0. The second kappa shape index (κ2) is 7.53. The number of hydrogen-bond acceptors (Lipinski definition) is 2. The molecule has 1 aromatic heterocycles. The van der Waals surface area contributed by atoms with Gasteiger partial charge in [-0.25, -0.2) is 0 Å². The van der Waals surface area contributed by atoms with Crippen LogP contribution < -0.4 is 14.0 Å². The van der Waals surface area contributed by atoms with E-state index in [1.165, 1.54) is 0 Å². The Morgan fingerprint density at radius 2 is 1.03 bits per heavy atom. The Labute approximate surface area is 175 Å². The number of ether oxygens (including phenoxy) is 2. The van der Waals surface area contributed by atoms with Crippen LogP contribution in [-0.4, -0.2) is 14.2 Å². The van der Waals surface area contributed by atoms with Gasteiger partial charge in [-0.1, -0.05) is 60.7 Å². The standard InChI is InChI=1S/C27H22NO2/c1-29-23-17-9-15-21-26(23)25(19-11-5-3-6-12-19)27-22(16-10-18-24(27)30-2)28(21)20-13-7-4-8-14-20/h3-18H,1-2H3/q+1. The first-order chi connectivity index (χ1) is 14.8. The van der Waals surface area contributed by atoms with Crippen LogP contribution in [0.4, 0.5) is 0 Å². The van der Waals surface area contributed by atoms with E-state index in [-0.39, 0.29) is 0 Å². The highest BCUT2D eigenvalue weighted by Gasteiger charge is 2.27. The molecule has 1 heterocycles. The van der Waals surface area contributed by atoms with Crippen molar-refractivity contribution in [3.63, 3.8) is 0 Å². The number of rotatable bonds is 4. The maximum atomic E-state index is 5.85. The lowest BCUT2D eigenvalue weighted by Gasteiger charge is -2.16. The molecule has 5 rings (SSSR count). The van der Waals surface area contributed by atoms with Crippen LogP contribution in [0, 0.1) is 0 Å². The van der Waals surface area contributed by atoms with Crippen LogP contribution >= 0.6 is 0 Å². The molecule has 0 N–H and O–H groups in total. The van der Waals surface area contributed by atoms with Gasteiger partial charge in [0.2, 0.25) is 16.7 Å². The minimum Gasteiger partial charge on any atom is -0.496 e. The van der Waals surface area contributed by atoms with Gasteiger partial charge in [0.1, 0.15) is 11.5 Å². The summed E-state index contributed by atoms with van der Waals surface area (Å²) in [5.41, 5.74) is 5.50. The van der Waals surface area contributed by atoms with Crippen LogP contribution in [0.25, 0.3) is 38.6 Å². The normalized spacial score (nSPS) is 11.0. The summed E-state index contributed by atoms with van der Waals surface area (Å²) >= 11 is 0. The van der Waals surface area contributed by atoms with Crippen molar-refractivity contribution in [3.8, 4) is 28.3 Å². The molecule has 0 unspecified atom stereocenters. The molecule has 146 valence electrons. The Balaban J connectivity index is 2.10. The van der Waals surface area contributed by atoms with Crippen LogP contribution in [0.3, 0.4) is 0 Å². The second-order valence-electron chi connectivity index (χ2n) is 7.12. The molecule has 0 saturated carbocycles. The smallest absolute Gasteiger partial charge is 0.223 e. The highest BCUT2D eigenvalue weighted by Crippen LogP contribution is 2.42. The second-order valence-corrected chi connectivity index (χ2v) is 7.12. The average molecular weight is 392 g/mol. The summed E-state index contributed by atoms with van der Waals surface area (Å²) in [6, 6.07) is 33.3. The maximum Gasteiger partial charge on any atom is 0.223 e. The lowest BCUT2D eigenvalue weighted by Crippen LogP contribution is -2.33. The third-order valence-electron chi connectivity index (χ3n) is 5.51. The molecule has 0 atom stereocenters. The number of aromatic nitrogens is 1. The summed E-state index contributed by atoms with van der Waals surface area (Å²) in [6.07, 6.45) is 0. The van der Waals surface area contributed by atoms with E-state index in [1.54, 1.807) is 14.2 Å². The topological polar surface area (TPSA) is 22.3 Å². The zero-order valence-corrected chi connectivity index (χ0v) is 17.0. The first-order valence-electron chi connectivity index (χ1n) is 9.95. The van der Waals surface area contributed by atoms with Gasteiger partial charge in [0.05, 0.1) is 25.0 Å². The summed E-state index contributed by atoms with van der Waals surface area (Å²) < 4.78 is 14.0. The molecule has 0 fully saturated rings. The van der Waals surface area contributed by atoms with E-state index in [4.69, 9.17) is 9.47 Å². The minimum atomic E-state index is 0.837. The first-order valence-corrected chi connectivity index (χ1v) is 9.95. The fraction of sp³-hybridized carbons (Fsp3) is 0.0741. The Hall–Kier alpha value is -3.85. The summed E-state index contributed by atoms with van der Waals surface area (Å²) in [5.74, 6) is 1.67. The molecule has 0 radical (unpaired) electrons. The van der Waals surface area contributed by atoms with E-state index >= 15 is 0 Å². The molecule has 3 heteroatoms. The zero-order chi connectivity index (χ0) is 20.5. The van der Waals surface area contributed by atoms with Crippen molar-refractivity contribution < 1.29 is 14.0 Å². The van der Waals surface area contributed by atoms with E-state index in [2.05, 4.69) is 65.2 Å². The van der Waals surface area contributed by atoms with Gasteiger partial charge in [-0.2, -0.15) is 4.57 Å². The van der Waals surface area contributed by atoms with E-state index in [0.717, 1.165) is 50.1 Å². The van der Waals surface area contributed by atoms with Crippen LogP contribution in [-0.2, 0) is 0 Å². The molecule has 30 heavy (non-hydrogen) atoms. The molecule has 0 aliphatic rings. The Kier molecular flexibility index (Phi) is 4.56. The highest BCUT2D eigenvalue weighted by atomic mass is 16.5. The Morgan fingerprint density at radius 1 is 0.533 bits per heavy atom. The number of benzene rings is 4. The van der Waals surface area contributed by atoms with E-state index in [0.29, 0.717) is 0 Å². The van der Waals surface area contributed by atoms with Gasteiger partial charge in [0.25, 0.3) is 0 Å². The van der Waals surface area contributed by atoms with Crippen molar-refractivity contribution in [2.45, 2.75) is 0 Å². The first kappa shape index (κ1) is 18.2. The molecule has 5 aromatic rings. The average Bonchev–Trinajstić information content (AvgIpc) is 2.82. The van der Waals surface area contributed by atoms with Crippen LogP contribution in [0.15, 0.2) is 97.1 Å². The summed E-state index contributed by atoms with van der Waals surface area (Å²) in [7, 11) is 3.45. The third-order valence-corrected chi connectivity index (χ3v) is 5.51. The molecule has 0 amide bonds. The number of hydrogen-bond donors (Lipinski definition) is 0. The van der Waals surface area contributed by atoms with Gasteiger partial charge in [0.15, 0.2) is 0 Å². The van der Waals surface area contributed by atoms with E-state index in [9.17, 15) is 0 Å². The molecular formula is C27H22NO2+. The lowest BCUT2D eigenvalue weighted by atomic mass is 9.94. The third kappa shape index (κ3) is 2.79. The Bertz CT molecular complexity index is 1280. The highest BCUT2D eigenvalue weighted by molar-refractivity contribution is 6.12. The molecule has 0 saturated heterocycles. The maximum absolute atomic E-state index is 5.85. The van der Waals surface area contributed by atoms with Crippen molar-refractivity contribution in [3.05, 3.63) is 97.1 Å². The molecule has 0 aliphatic heterocycles. The van der Waals surface area contributed by atoms with Crippen molar-refractivity contribution in [1.82, 2.24) is 0 Å². The fourth-order valence-electron chi connectivity index (χ4n) is 4.26. The van der Waals surface area contributed by atoms with Gasteiger partial charge in [-0.15, -0.1) is 0 Å². The van der Waals surface area contributed by atoms with Crippen molar-refractivity contribution in [2.24, 2.45) is 0 Å². The van der Waals surface area contributed by atoms with Crippen molar-refractivity contribution in [2.75, 3.05) is 14.2 Å². The summed E-state index contributed by atoms with van der Waals surface area (Å²) in [6.45, 7) is 0. The molecule has 0 bridgehead atoms. The predicted octanol–water partition coefficient (Wildman–Crippen LogP) is 5.95. The van der Waals surface area contributed by atoms with Crippen molar-refractivity contribution in [1.29, 1.82) is 0 Å². The SMILES string of the molecule is COc1cccc2c1c(-c1ccccc1)c1c(OC)cccc1[n+]2-c1ccccc1. The van der Waals surface area contributed by atoms with E-state index < -0.39 is 0 Å². The lowest BCUT2D eigenvalue weighted by molar-refractivity contribution is -0.537. The monoisotopic (exact) mass is 392 g/mol. The number of methoxy groups -OCH3 is 2. The number of para-hydroxylation sites is 1. The Morgan fingerprint density at radius 3 is 1.53 bits per heavy atom. The van der Waals surface area contributed by atoms with Gasteiger partial charge >= 0.3 is 0 Å². The van der Waals surface area contributed by atoms with Crippen LogP contribution in [0.5, 0.6) is 11.5 Å². The van der Waals surface area contributed by atoms with Gasteiger partial charge in [0, 0.05) is 29.8 Å². The van der Waals surface area contributed by atoms with Gasteiger partial charge in [-0.3, -0.25) is 0 Å². The van der Waals surface area contributed by atoms with Crippen molar-refractivity contribution >= 4 is 21.8 Å². The fourth-order valence-corrected chi connectivity index (χ4v) is 4.26. The number of nitrogens with zero attached hydrogens (tertiary/aromatic N) is 1. The van der Waals surface area contributed by atoms with Crippen LogP contribution in [0.1, 0.15) is 0 Å². The van der Waals surface area contributed by atoms with E-state index in [1.807, 2.05) is 36.4 Å². The number of fused-ring (bicyclic) bond motifs is 2. The predicted molar refractivity (Wildman–Crippen MR) is 122 cm³/mol. The molecule has 4 aromatic carbocycles.